The normalized spacial score (nSPS) is 10.3. The number of esters is 1. The third-order valence-electron chi connectivity index (χ3n) is 3.59. The average Bonchev–Trinajstić information content (AvgIpc) is 2.64. The van der Waals surface area contributed by atoms with E-state index >= 15 is 0 Å². The van der Waals surface area contributed by atoms with Crippen molar-refractivity contribution in [3.63, 3.8) is 0 Å². The number of hydrogen-bond acceptors (Lipinski definition) is 4. The summed E-state index contributed by atoms with van der Waals surface area (Å²) in [6.07, 6.45) is -0.208. The third kappa shape index (κ3) is 7.14. The van der Waals surface area contributed by atoms with E-state index in [0.717, 1.165) is 5.56 Å². The number of halogens is 3. The summed E-state index contributed by atoms with van der Waals surface area (Å²) in [6, 6.07) is 9.96. The summed E-state index contributed by atoms with van der Waals surface area (Å²) >= 11 is 15.1. The molecule has 2 aromatic rings. The lowest BCUT2D eigenvalue weighted by atomic mass is 10.2. The Morgan fingerprint density at radius 3 is 2.36 bits per heavy atom. The summed E-state index contributed by atoms with van der Waals surface area (Å²) < 4.78 is 5.61. The minimum Gasteiger partial charge on any atom is -0.456 e. The fourth-order valence-electron chi connectivity index (χ4n) is 2.16. The summed E-state index contributed by atoms with van der Waals surface area (Å²) in [5, 5.41) is 6.27. The van der Waals surface area contributed by atoms with Gasteiger partial charge in [-0.3, -0.25) is 14.4 Å². The highest BCUT2D eigenvalue weighted by molar-refractivity contribution is 9.10. The molecule has 6 nitrogen and oxygen atoms in total. The van der Waals surface area contributed by atoms with E-state index in [9.17, 15) is 14.4 Å². The molecule has 148 valence electrons. The Morgan fingerprint density at radius 1 is 1.00 bits per heavy atom. The molecule has 0 heterocycles. The van der Waals surface area contributed by atoms with Crippen LogP contribution >= 0.6 is 39.1 Å². The molecule has 2 N–H and O–H groups in total. The fourth-order valence-corrected chi connectivity index (χ4v) is 2.91. The van der Waals surface area contributed by atoms with Gasteiger partial charge in [-0.1, -0.05) is 23.2 Å². The Hall–Kier alpha value is -2.09. The SMILES string of the molecule is Cc1cc(Br)c(Cl)cc1NC(=O)COC(=O)CCC(=O)Nc1ccc(Cl)cc1. The maximum absolute atomic E-state index is 11.9. The number of carbonyl (C=O) groups is 3. The van der Waals surface area contributed by atoms with E-state index in [4.69, 9.17) is 27.9 Å². The predicted octanol–water partition coefficient (Wildman–Crippen LogP) is 4.96. The fraction of sp³-hybridized carbons (Fsp3) is 0.211. The van der Waals surface area contributed by atoms with Crippen molar-refractivity contribution in [3.8, 4) is 0 Å². The number of amides is 2. The molecule has 0 aliphatic heterocycles. The van der Waals surface area contributed by atoms with Crippen LogP contribution in [-0.4, -0.2) is 24.4 Å². The van der Waals surface area contributed by atoms with Crippen molar-refractivity contribution >= 4 is 68.3 Å². The van der Waals surface area contributed by atoms with E-state index in [-0.39, 0.29) is 18.7 Å². The Kier molecular flexibility index (Phi) is 8.29. The van der Waals surface area contributed by atoms with Crippen LogP contribution < -0.4 is 10.6 Å². The highest BCUT2D eigenvalue weighted by Gasteiger charge is 2.12. The van der Waals surface area contributed by atoms with Crippen LogP contribution in [0, 0.1) is 6.92 Å². The standard InChI is InChI=1S/C19H17BrCl2N2O4/c1-11-8-14(20)15(22)9-16(11)24-18(26)10-28-19(27)7-6-17(25)23-13-4-2-12(21)3-5-13/h2-5,8-9H,6-7,10H2,1H3,(H,23,25)(H,24,26). The first-order valence-electron chi connectivity index (χ1n) is 8.21. The smallest absolute Gasteiger partial charge is 0.306 e. The molecule has 2 aromatic carbocycles. The second-order valence-corrected chi connectivity index (χ2v) is 7.54. The average molecular weight is 488 g/mol. The Balaban J connectivity index is 1.73. The molecule has 28 heavy (non-hydrogen) atoms. The van der Waals surface area contributed by atoms with Gasteiger partial charge in [-0.05, 0) is 64.8 Å². The first-order chi connectivity index (χ1) is 13.2. The molecule has 0 atom stereocenters. The Bertz CT molecular complexity index is 888. The van der Waals surface area contributed by atoms with Crippen molar-refractivity contribution in [3.05, 3.63) is 56.5 Å². The molecule has 0 bridgehead atoms. The van der Waals surface area contributed by atoms with E-state index in [1.807, 2.05) is 6.92 Å². The Labute approximate surface area is 180 Å². The zero-order valence-electron chi connectivity index (χ0n) is 14.9. The first-order valence-corrected chi connectivity index (χ1v) is 9.76. The largest absolute Gasteiger partial charge is 0.456 e. The van der Waals surface area contributed by atoms with E-state index in [0.29, 0.717) is 25.9 Å². The minimum absolute atomic E-state index is 0.0650. The maximum Gasteiger partial charge on any atom is 0.306 e. The van der Waals surface area contributed by atoms with Gasteiger partial charge in [0.1, 0.15) is 0 Å². The van der Waals surface area contributed by atoms with E-state index in [2.05, 4.69) is 26.6 Å². The highest BCUT2D eigenvalue weighted by atomic mass is 79.9. The molecule has 0 unspecified atom stereocenters. The molecule has 0 aromatic heterocycles. The summed E-state index contributed by atoms with van der Waals surface area (Å²) in [5.74, 6) is -1.49. The van der Waals surface area contributed by atoms with Crippen LogP contribution in [-0.2, 0) is 19.1 Å². The summed E-state index contributed by atoms with van der Waals surface area (Å²) in [7, 11) is 0. The summed E-state index contributed by atoms with van der Waals surface area (Å²) in [5.41, 5.74) is 1.90. The third-order valence-corrected chi connectivity index (χ3v) is 5.04. The first kappa shape index (κ1) is 22.2. The second-order valence-electron chi connectivity index (χ2n) is 5.85. The molecule has 2 amide bonds. The summed E-state index contributed by atoms with van der Waals surface area (Å²) in [4.78, 5) is 35.5. The van der Waals surface area contributed by atoms with Gasteiger partial charge in [0.2, 0.25) is 5.91 Å². The maximum atomic E-state index is 11.9. The van der Waals surface area contributed by atoms with Crippen molar-refractivity contribution < 1.29 is 19.1 Å². The number of hydrogen-bond donors (Lipinski definition) is 2. The number of anilines is 2. The minimum atomic E-state index is -0.646. The van der Waals surface area contributed by atoms with Crippen molar-refractivity contribution in [1.82, 2.24) is 0 Å². The predicted molar refractivity (Wildman–Crippen MR) is 113 cm³/mol. The zero-order valence-corrected chi connectivity index (χ0v) is 18.0. The van der Waals surface area contributed by atoms with Crippen molar-refractivity contribution in [2.75, 3.05) is 17.2 Å². The van der Waals surface area contributed by atoms with Gasteiger partial charge in [0.15, 0.2) is 6.61 Å². The number of carbonyl (C=O) groups excluding carboxylic acids is 3. The second kappa shape index (κ2) is 10.5. The molecular formula is C19H17BrCl2N2O4. The van der Waals surface area contributed by atoms with E-state index in [1.54, 1.807) is 36.4 Å². The highest BCUT2D eigenvalue weighted by Crippen LogP contribution is 2.28. The molecule has 0 aliphatic rings. The number of aryl methyl sites for hydroxylation is 1. The van der Waals surface area contributed by atoms with Gasteiger partial charge in [-0.25, -0.2) is 0 Å². The van der Waals surface area contributed by atoms with Gasteiger partial charge in [0.05, 0.1) is 11.4 Å². The van der Waals surface area contributed by atoms with E-state index in [1.165, 1.54) is 0 Å². The van der Waals surface area contributed by atoms with Crippen LogP contribution in [0.2, 0.25) is 10.0 Å². The van der Waals surface area contributed by atoms with Crippen molar-refractivity contribution in [2.45, 2.75) is 19.8 Å². The van der Waals surface area contributed by atoms with Crippen LogP contribution in [0.1, 0.15) is 18.4 Å². The van der Waals surface area contributed by atoms with Crippen LogP contribution in [0.3, 0.4) is 0 Å². The molecule has 2 rings (SSSR count). The molecule has 0 saturated carbocycles. The van der Waals surface area contributed by atoms with Gasteiger partial charge < -0.3 is 15.4 Å². The number of benzene rings is 2. The van der Waals surface area contributed by atoms with Crippen LogP contribution in [0.5, 0.6) is 0 Å². The molecule has 9 heteroatoms. The molecule has 0 spiro atoms. The molecule has 0 fully saturated rings. The van der Waals surface area contributed by atoms with Crippen LogP contribution in [0.4, 0.5) is 11.4 Å². The lowest BCUT2D eigenvalue weighted by Crippen LogP contribution is -2.22. The van der Waals surface area contributed by atoms with Gasteiger partial charge in [-0.15, -0.1) is 0 Å². The van der Waals surface area contributed by atoms with Crippen LogP contribution in [0.25, 0.3) is 0 Å². The number of ether oxygens (including phenoxy) is 1. The molecule has 0 aliphatic carbocycles. The number of rotatable bonds is 7. The Morgan fingerprint density at radius 2 is 1.68 bits per heavy atom. The lowest BCUT2D eigenvalue weighted by molar-refractivity contribution is -0.147. The van der Waals surface area contributed by atoms with Crippen molar-refractivity contribution in [1.29, 1.82) is 0 Å². The van der Waals surface area contributed by atoms with Gasteiger partial charge >= 0.3 is 5.97 Å². The molecule has 0 radical (unpaired) electrons. The molecule has 0 saturated heterocycles. The number of nitrogens with one attached hydrogen (secondary N) is 2. The molecular weight excluding hydrogens is 471 g/mol. The van der Waals surface area contributed by atoms with Gasteiger partial charge in [-0.2, -0.15) is 0 Å². The monoisotopic (exact) mass is 486 g/mol. The zero-order chi connectivity index (χ0) is 20.7. The van der Waals surface area contributed by atoms with Gasteiger partial charge in [0, 0.05) is 27.3 Å². The summed E-state index contributed by atoms with van der Waals surface area (Å²) in [6.45, 7) is 1.35. The quantitative estimate of drug-likeness (QED) is 0.540. The lowest BCUT2D eigenvalue weighted by Gasteiger charge is -2.10. The van der Waals surface area contributed by atoms with Crippen LogP contribution in [0.15, 0.2) is 40.9 Å². The van der Waals surface area contributed by atoms with Crippen molar-refractivity contribution in [2.24, 2.45) is 0 Å². The topological polar surface area (TPSA) is 84.5 Å². The van der Waals surface area contributed by atoms with Gasteiger partial charge in [0.25, 0.3) is 5.91 Å². The van der Waals surface area contributed by atoms with E-state index < -0.39 is 18.5 Å².